The van der Waals surface area contributed by atoms with E-state index in [0.717, 1.165) is 61.8 Å². The molecule has 0 radical (unpaired) electrons. The number of nitrogens with one attached hydrogen (secondary N) is 1. The van der Waals surface area contributed by atoms with Gasteiger partial charge in [-0.2, -0.15) is 0 Å². The van der Waals surface area contributed by atoms with Crippen LogP contribution in [0, 0.1) is 6.92 Å². The quantitative estimate of drug-likeness (QED) is 0.806. The third kappa shape index (κ3) is 4.09. The van der Waals surface area contributed by atoms with E-state index in [0.29, 0.717) is 23.8 Å². The second-order valence-electron chi connectivity index (χ2n) is 8.81. The predicted octanol–water partition coefficient (Wildman–Crippen LogP) is 3.70. The van der Waals surface area contributed by atoms with Crippen molar-refractivity contribution in [3.05, 3.63) is 35.4 Å². The maximum absolute atomic E-state index is 10.5. The van der Waals surface area contributed by atoms with E-state index in [9.17, 15) is 5.11 Å². The summed E-state index contributed by atoms with van der Waals surface area (Å²) in [5.41, 5.74) is 3.76. The van der Waals surface area contributed by atoms with Crippen LogP contribution in [-0.2, 0) is 4.74 Å². The van der Waals surface area contributed by atoms with E-state index in [1.165, 1.54) is 24.8 Å². The van der Waals surface area contributed by atoms with E-state index >= 15 is 0 Å². The maximum Gasteiger partial charge on any atom is 0.149 e. The highest BCUT2D eigenvalue weighted by Gasteiger charge is 2.29. The molecule has 0 amide bonds. The van der Waals surface area contributed by atoms with Gasteiger partial charge >= 0.3 is 0 Å². The Balaban J connectivity index is 1.28. The van der Waals surface area contributed by atoms with Gasteiger partial charge in [-0.25, -0.2) is 0 Å². The summed E-state index contributed by atoms with van der Waals surface area (Å²) in [5, 5.41) is 23.0. The number of likely N-dealkylation sites (tertiary alicyclic amines) is 1. The van der Waals surface area contributed by atoms with Crippen LogP contribution in [0.15, 0.2) is 24.3 Å². The normalized spacial score (nSPS) is 25.3. The molecule has 2 unspecified atom stereocenters. The molecule has 6 heteroatoms. The van der Waals surface area contributed by atoms with Crippen molar-refractivity contribution in [3.63, 3.8) is 0 Å². The summed E-state index contributed by atoms with van der Waals surface area (Å²) in [4.78, 5) is 2.56. The Kier molecular flexibility index (Phi) is 5.14. The van der Waals surface area contributed by atoms with Crippen LogP contribution in [-0.4, -0.2) is 58.6 Å². The molecule has 1 aromatic carbocycles. The fourth-order valence-corrected chi connectivity index (χ4v) is 4.72. The summed E-state index contributed by atoms with van der Waals surface area (Å²) < 4.78 is 5.56. The number of hydrogen-bond donors (Lipinski definition) is 2. The summed E-state index contributed by atoms with van der Waals surface area (Å²) in [6.45, 7) is 5.97. The number of aryl methyl sites for hydroxylation is 1. The minimum absolute atomic E-state index is 0.300. The first kappa shape index (κ1) is 18.8. The van der Waals surface area contributed by atoms with Crippen LogP contribution >= 0.6 is 0 Å². The lowest BCUT2D eigenvalue weighted by molar-refractivity contribution is 0.123. The maximum atomic E-state index is 10.5. The Bertz CT molecular complexity index is 877. The van der Waals surface area contributed by atoms with Crippen LogP contribution in [0.4, 0.5) is 5.82 Å². The van der Waals surface area contributed by atoms with Crippen LogP contribution in [0.1, 0.15) is 49.1 Å². The average Bonchev–Trinajstić information content (AvgIpc) is 3.43. The number of anilines is 1. The minimum atomic E-state index is 0.300. The largest absolute Gasteiger partial charge is 0.507 e. The molecule has 0 bridgehead atoms. The first-order valence-corrected chi connectivity index (χ1v) is 10.9. The summed E-state index contributed by atoms with van der Waals surface area (Å²) >= 11 is 0. The molecule has 1 aromatic heterocycles. The highest BCUT2D eigenvalue weighted by atomic mass is 16.5. The van der Waals surface area contributed by atoms with Crippen LogP contribution in [0.5, 0.6) is 5.75 Å². The zero-order valence-electron chi connectivity index (χ0n) is 17.1. The highest BCUT2D eigenvalue weighted by Crippen LogP contribution is 2.43. The van der Waals surface area contributed by atoms with E-state index in [-0.39, 0.29) is 0 Å². The molecule has 1 saturated carbocycles. The Labute approximate surface area is 172 Å². The molecule has 2 atom stereocenters. The van der Waals surface area contributed by atoms with Crippen molar-refractivity contribution in [1.82, 2.24) is 15.1 Å². The lowest BCUT2D eigenvalue weighted by atomic mass is 10.0. The minimum Gasteiger partial charge on any atom is -0.507 e. The van der Waals surface area contributed by atoms with Crippen molar-refractivity contribution in [1.29, 1.82) is 0 Å². The average molecular weight is 395 g/mol. The first-order valence-electron chi connectivity index (χ1n) is 10.9. The molecule has 3 fully saturated rings. The number of aromatic nitrogens is 2. The third-order valence-electron chi connectivity index (χ3n) is 6.54. The van der Waals surface area contributed by atoms with E-state index in [1.807, 2.05) is 25.1 Å². The zero-order chi connectivity index (χ0) is 19.8. The second kappa shape index (κ2) is 7.92. The molecule has 154 valence electrons. The monoisotopic (exact) mass is 394 g/mol. The number of nitrogens with zero attached hydrogens (tertiary/aromatic N) is 3. The predicted molar refractivity (Wildman–Crippen MR) is 113 cm³/mol. The van der Waals surface area contributed by atoms with Crippen molar-refractivity contribution in [3.8, 4) is 17.0 Å². The molecular weight excluding hydrogens is 364 g/mol. The van der Waals surface area contributed by atoms with Crippen molar-refractivity contribution in [2.24, 2.45) is 0 Å². The molecule has 3 aliphatic rings. The lowest BCUT2D eigenvalue weighted by Crippen LogP contribution is -2.47. The number of rotatable bonds is 5. The number of phenols is 1. The molecule has 5 rings (SSSR count). The van der Waals surface area contributed by atoms with E-state index in [4.69, 9.17) is 4.74 Å². The third-order valence-corrected chi connectivity index (χ3v) is 6.54. The van der Waals surface area contributed by atoms with Gasteiger partial charge in [0.1, 0.15) is 11.6 Å². The fraction of sp³-hybridized carbons (Fsp3) is 0.565. The number of piperidine rings is 1. The van der Waals surface area contributed by atoms with Crippen LogP contribution < -0.4 is 5.32 Å². The smallest absolute Gasteiger partial charge is 0.149 e. The Morgan fingerprint density at radius 2 is 2.03 bits per heavy atom. The zero-order valence-corrected chi connectivity index (χ0v) is 17.1. The van der Waals surface area contributed by atoms with Gasteiger partial charge < -0.3 is 15.2 Å². The number of benzene rings is 1. The molecule has 0 spiro atoms. The molecule has 1 aliphatic carbocycles. The van der Waals surface area contributed by atoms with Crippen LogP contribution in [0.3, 0.4) is 0 Å². The van der Waals surface area contributed by atoms with E-state index in [1.54, 1.807) is 0 Å². The molecular formula is C23H30N4O2. The second-order valence-corrected chi connectivity index (χ2v) is 8.81. The van der Waals surface area contributed by atoms with Gasteiger partial charge in [-0.05, 0) is 80.8 Å². The topological polar surface area (TPSA) is 70.5 Å². The van der Waals surface area contributed by atoms with Gasteiger partial charge in [0, 0.05) is 30.8 Å². The number of ether oxygens (including phenoxy) is 1. The Morgan fingerprint density at radius 1 is 1.14 bits per heavy atom. The fourth-order valence-electron chi connectivity index (χ4n) is 4.72. The Morgan fingerprint density at radius 3 is 2.76 bits per heavy atom. The highest BCUT2D eigenvalue weighted by molar-refractivity contribution is 5.70. The molecule has 2 N–H and O–H groups in total. The molecule has 29 heavy (non-hydrogen) atoms. The SMILES string of the molecule is Cc1cc(NC2CCCN(C3CCOC3)C2)nnc1-c1ccc(C2CC2)cc1O. The van der Waals surface area contributed by atoms with Gasteiger partial charge in [-0.1, -0.05) is 6.07 Å². The van der Waals surface area contributed by atoms with Gasteiger partial charge in [0.25, 0.3) is 0 Å². The first-order chi connectivity index (χ1) is 14.2. The van der Waals surface area contributed by atoms with E-state index < -0.39 is 0 Å². The molecule has 3 heterocycles. The number of aromatic hydroxyl groups is 1. The van der Waals surface area contributed by atoms with Crippen molar-refractivity contribution < 1.29 is 9.84 Å². The Hall–Kier alpha value is -2.18. The van der Waals surface area contributed by atoms with Crippen LogP contribution in [0.2, 0.25) is 0 Å². The summed E-state index contributed by atoms with van der Waals surface area (Å²) in [7, 11) is 0. The molecule has 6 nitrogen and oxygen atoms in total. The van der Waals surface area contributed by atoms with Crippen molar-refractivity contribution >= 4 is 5.82 Å². The molecule has 2 saturated heterocycles. The van der Waals surface area contributed by atoms with Gasteiger partial charge in [0.2, 0.25) is 0 Å². The van der Waals surface area contributed by atoms with Gasteiger partial charge in [0.05, 0.1) is 12.3 Å². The number of hydrogen-bond acceptors (Lipinski definition) is 6. The summed E-state index contributed by atoms with van der Waals surface area (Å²) in [6.07, 6.45) is 5.94. The van der Waals surface area contributed by atoms with Gasteiger partial charge in [0.15, 0.2) is 0 Å². The van der Waals surface area contributed by atoms with Crippen LogP contribution in [0.25, 0.3) is 11.3 Å². The summed E-state index contributed by atoms with van der Waals surface area (Å²) in [6, 6.07) is 8.99. The standard InChI is InChI=1S/C23H30N4O2/c1-15-11-22(24-18-3-2-9-27(13-18)19-8-10-29-14-19)25-26-23(15)20-7-6-17(12-21(20)28)16-4-5-16/h6-7,11-12,16,18-19,28H,2-5,8-10,13-14H2,1H3,(H,24,25). The number of phenolic OH excluding ortho intramolecular Hbond substituents is 1. The van der Waals surface area contributed by atoms with Crippen molar-refractivity contribution in [2.75, 3.05) is 31.6 Å². The molecule has 2 aromatic rings. The van der Waals surface area contributed by atoms with Crippen molar-refractivity contribution in [2.45, 2.75) is 57.0 Å². The van der Waals surface area contributed by atoms with Gasteiger partial charge in [-0.15, -0.1) is 10.2 Å². The van der Waals surface area contributed by atoms with E-state index in [2.05, 4.69) is 26.5 Å². The summed E-state index contributed by atoms with van der Waals surface area (Å²) in [5.74, 6) is 1.74. The van der Waals surface area contributed by atoms with Gasteiger partial charge in [-0.3, -0.25) is 4.90 Å². The molecule has 2 aliphatic heterocycles. The lowest BCUT2D eigenvalue weighted by Gasteiger charge is -2.36.